The molecule has 3 atom stereocenters. The molecule has 90 valence electrons. The Morgan fingerprint density at radius 1 is 1.12 bits per heavy atom. The Morgan fingerprint density at radius 3 is 2.19 bits per heavy atom. The van der Waals surface area contributed by atoms with Crippen LogP contribution in [0.5, 0.6) is 0 Å². The van der Waals surface area contributed by atoms with Crippen molar-refractivity contribution in [2.45, 2.75) is 46.2 Å². The maximum absolute atomic E-state index is 5.87. The standard InChI is InChI=1S/C14H22ClN/c1-5-10(2)11(3)16-12(4)13-6-8-14(15)9-7-13/h6-12,16H,5H2,1-4H3. The number of benzene rings is 1. The van der Waals surface area contributed by atoms with Gasteiger partial charge in [0.15, 0.2) is 0 Å². The highest BCUT2D eigenvalue weighted by Crippen LogP contribution is 2.18. The molecule has 1 N–H and O–H groups in total. The first-order valence-electron chi connectivity index (χ1n) is 6.06. The van der Waals surface area contributed by atoms with E-state index in [0.717, 1.165) is 5.02 Å². The zero-order chi connectivity index (χ0) is 12.1. The number of rotatable bonds is 5. The Kier molecular flexibility index (Phi) is 5.30. The first-order chi connectivity index (χ1) is 7.54. The van der Waals surface area contributed by atoms with E-state index in [1.165, 1.54) is 12.0 Å². The molecule has 0 aliphatic carbocycles. The summed E-state index contributed by atoms with van der Waals surface area (Å²) in [7, 11) is 0. The summed E-state index contributed by atoms with van der Waals surface area (Å²) in [6, 6.07) is 8.98. The van der Waals surface area contributed by atoms with Crippen molar-refractivity contribution in [2.24, 2.45) is 5.92 Å². The zero-order valence-electron chi connectivity index (χ0n) is 10.6. The number of hydrogen-bond acceptors (Lipinski definition) is 1. The van der Waals surface area contributed by atoms with Gasteiger partial charge in [-0.15, -0.1) is 0 Å². The van der Waals surface area contributed by atoms with Crippen LogP contribution in [-0.4, -0.2) is 6.04 Å². The van der Waals surface area contributed by atoms with Crippen LogP contribution in [0.4, 0.5) is 0 Å². The van der Waals surface area contributed by atoms with E-state index < -0.39 is 0 Å². The molecule has 0 bridgehead atoms. The first-order valence-corrected chi connectivity index (χ1v) is 6.44. The summed E-state index contributed by atoms with van der Waals surface area (Å²) in [4.78, 5) is 0. The van der Waals surface area contributed by atoms with Gasteiger partial charge in [-0.2, -0.15) is 0 Å². The molecule has 0 saturated heterocycles. The number of nitrogens with one attached hydrogen (secondary N) is 1. The zero-order valence-corrected chi connectivity index (χ0v) is 11.4. The Morgan fingerprint density at radius 2 is 1.69 bits per heavy atom. The average molecular weight is 240 g/mol. The van der Waals surface area contributed by atoms with Gasteiger partial charge in [-0.1, -0.05) is 44.0 Å². The molecule has 0 aromatic heterocycles. The lowest BCUT2D eigenvalue weighted by Crippen LogP contribution is -2.33. The molecule has 0 amide bonds. The fraction of sp³-hybridized carbons (Fsp3) is 0.571. The van der Waals surface area contributed by atoms with Gasteiger partial charge in [0.2, 0.25) is 0 Å². The molecule has 0 fully saturated rings. The largest absolute Gasteiger partial charge is 0.307 e. The van der Waals surface area contributed by atoms with Crippen LogP contribution in [0.15, 0.2) is 24.3 Å². The van der Waals surface area contributed by atoms with Crippen LogP contribution in [0.25, 0.3) is 0 Å². The van der Waals surface area contributed by atoms with Crippen molar-refractivity contribution in [2.75, 3.05) is 0 Å². The Labute approximate surface area is 104 Å². The Balaban J connectivity index is 2.58. The summed E-state index contributed by atoms with van der Waals surface area (Å²) in [6.07, 6.45) is 1.21. The van der Waals surface area contributed by atoms with Crippen molar-refractivity contribution in [3.63, 3.8) is 0 Å². The van der Waals surface area contributed by atoms with E-state index >= 15 is 0 Å². The van der Waals surface area contributed by atoms with Gasteiger partial charge in [-0.3, -0.25) is 0 Å². The maximum Gasteiger partial charge on any atom is 0.0406 e. The molecule has 1 aromatic rings. The van der Waals surface area contributed by atoms with Gasteiger partial charge in [0, 0.05) is 17.1 Å². The highest BCUT2D eigenvalue weighted by Gasteiger charge is 2.13. The topological polar surface area (TPSA) is 12.0 Å². The van der Waals surface area contributed by atoms with Crippen molar-refractivity contribution >= 4 is 11.6 Å². The number of halogens is 1. The van der Waals surface area contributed by atoms with Crippen molar-refractivity contribution in [3.8, 4) is 0 Å². The molecule has 1 aromatic carbocycles. The van der Waals surface area contributed by atoms with Gasteiger partial charge in [-0.05, 0) is 37.5 Å². The van der Waals surface area contributed by atoms with Crippen LogP contribution in [0.3, 0.4) is 0 Å². The van der Waals surface area contributed by atoms with Crippen LogP contribution in [-0.2, 0) is 0 Å². The molecule has 3 unspecified atom stereocenters. The van der Waals surface area contributed by atoms with E-state index in [1.54, 1.807) is 0 Å². The van der Waals surface area contributed by atoms with Crippen LogP contribution in [0.2, 0.25) is 5.02 Å². The minimum absolute atomic E-state index is 0.376. The second kappa shape index (κ2) is 6.27. The SMILES string of the molecule is CCC(C)C(C)NC(C)c1ccc(Cl)cc1. The summed E-state index contributed by atoms with van der Waals surface area (Å²) in [5.41, 5.74) is 1.29. The van der Waals surface area contributed by atoms with E-state index in [9.17, 15) is 0 Å². The third-order valence-corrected chi connectivity index (χ3v) is 3.63. The Hall–Kier alpha value is -0.530. The van der Waals surface area contributed by atoms with E-state index in [-0.39, 0.29) is 0 Å². The van der Waals surface area contributed by atoms with Gasteiger partial charge in [0.25, 0.3) is 0 Å². The molecule has 0 heterocycles. The van der Waals surface area contributed by atoms with Crippen molar-refractivity contribution in [1.29, 1.82) is 0 Å². The lowest BCUT2D eigenvalue weighted by molar-refractivity contribution is 0.360. The maximum atomic E-state index is 5.87. The van der Waals surface area contributed by atoms with Gasteiger partial charge < -0.3 is 5.32 Å². The lowest BCUT2D eigenvalue weighted by atomic mass is 9.99. The fourth-order valence-electron chi connectivity index (χ4n) is 1.76. The molecule has 1 rings (SSSR count). The third-order valence-electron chi connectivity index (χ3n) is 3.38. The number of hydrogen-bond donors (Lipinski definition) is 1. The van der Waals surface area contributed by atoms with Crippen LogP contribution >= 0.6 is 11.6 Å². The second-order valence-electron chi connectivity index (χ2n) is 4.61. The predicted molar refractivity (Wildman–Crippen MR) is 71.9 cm³/mol. The average Bonchev–Trinajstić information content (AvgIpc) is 2.28. The Bertz CT molecular complexity index is 307. The normalized spacial score (nSPS) is 16.8. The molecule has 16 heavy (non-hydrogen) atoms. The van der Waals surface area contributed by atoms with Crippen LogP contribution in [0, 0.1) is 5.92 Å². The van der Waals surface area contributed by atoms with E-state index in [0.29, 0.717) is 18.0 Å². The van der Waals surface area contributed by atoms with Gasteiger partial charge in [0.05, 0.1) is 0 Å². The van der Waals surface area contributed by atoms with Crippen LogP contribution in [0.1, 0.15) is 45.7 Å². The predicted octanol–water partition coefficient (Wildman–Crippen LogP) is 4.43. The molecule has 0 spiro atoms. The highest BCUT2D eigenvalue weighted by molar-refractivity contribution is 6.30. The summed E-state index contributed by atoms with van der Waals surface area (Å²) < 4.78 is 0. The van der Waals surface area contributed by atoms with Gasteiger partial charge in [-0.25, -0.2) is 0 Å². The van der Waals surface area contributed by atoms with Crippen molar-refractivity contribution in [3.05, 3.63) is 34.9 Å². The highest BCUT2D eigenvalue weighted by atomic mass is 35.5. The molecular formula is C14H22ClN. The first kappa shape index (κ1) is 13.5. The van der Waals surface area contributed by atoms with Crippen LogP contribution < -0.4 is 5.32 Å². The minimum atomic E-state index is 0.376. The van der Waals surface area contributed by atoms with Gasteiger partial charge >= 0.3 is 0 Å². The fourth-order valence-corrected chi connectivity index (χ4v) is 1.89. The third kappa shape index (κ3) is 3.80. The minimum Gasteiger partial charge on any atom is -0.307 e. The monoisotopic (exact) mass is 239 g/mol. The quantitative estimate of drug-likeness (QED) is 0.802. The van der Waals surface area contributed by atoms with Gasteiger partial charge in [0.1, 0.15) is 0 Å². The van der Waals surface area contributed by atoms with Crippen molar-refractivity contribution < 1.29 is 0 Å². The van der Waals surface area contributed by atoms with Crippen molar-refractivity contribution in [1.82, 2.24) is 5.32 Å². The summed E-state index contributed by atoms with van der Waals surface area (Å²) in [6.45, 7) is 8.96. The van der Waals surface area contributed by atoms with E-state index in [4.69, 9.17) is 11.6 Å². The van der Waals surface area contributed by atoms with E-state index in [1.807, 2.05) is 12.1 Å². The van der Waals surface area contributed by atoms with E-state index in [2.05, 4.69) is 45.1 Å². The smallest absolute Gasteiger partial charge is 0.0406 e. The summed E-state index contributed by atoms with van der Waals surface area (Å²) >= 11 is 5.87. The molecule has 2 heteroatoms. The summed E-state index contributed by atoms with van der Waals surface area (Å²) in [5.74, 6) is 0.703. The summed E-state index contributed by atoms with van der Waals surface area (Å²) in [5, 5.41) is 4.42. The molecule has 1 nitrogen and oxygen atoms in total. The molecule has 0 radical (unpaired) electrons. The molecular weight excluding hydrogens is 218 g/mol. The molecule has 0 saturated carbocycles. The molecule has 0 aliphatic rings. The lowest BCUT2D eigenvalue weighted by Gasteiger charge is -2.24. The second-order valence-corrected chi connectivity index (χ2v) is 5.05. The molecule has 0 aliphatic heterocycles.